The first-order valence-electron chi connectivity index (χ1n) is 12.6. The van der Waals surface area contributed by atoms with Gasteiger partial charge in [0.25, 0.3) is 20.2 Å². The summed E-state index contributed by atoms with van der Waals surface area (Å²) in [5.74, 6) is -0.213. The summed E-state index contributed by atoms with van der Waals surface area (Å²) in [5.41, 5.74) is 11.2. The third-order valence-corrected chi connectivity index (χ3v) is 10.9. The quantitative estimate of drug-likeness (QED) is 0.0400. The molecule has 17 heteroatoms. The summed E-state index contributed by atoms with van der Waals surface area (Å²) in [4.78, 5) is 6.84. The molecule has 0 bridgehead atoms. The number of rotatable bonds is 13. The molecule has 0 amide bonds. The first kappa shape index (κ1) is 32.9. The van der Waals surface area contributed by atoms with Gasteiger partial charge in [0.2, 0.25) is 0 Å². The van der Waals surface area contributed by atoms with Crippen LogP contribution in [0, 0.1) is 0 Å². The molecule has 4 aromatic carbocycles. The van der Waals surface area contributed by atoms with Crippen molar-refractivity contribution in [2.45, 2.75) is 26.5 Å². The van der Waals surface area contributed by atoms with E-state index in [1.807, 2.05) is 11.8 Å². The SMILES string of the molecule is CCN(CCOOSc1ccc2c(S(=O)(=O)O)c(N)ccc2c1)CCS(=O)(=O)c1ccc2c(S(=O)(=O)O)c(N)ccc2c1. The monoisotopic (exact) mass is 671 g/mol. The van der Waals surface area contributed by atoms with Crippen molar-refractivity contribution in [2.24, 2.45) is 0 Å². The van der Waals surface area contributed by atoms with Crippen LogP contribution in [0.4, 0.5) is 11.4 Å². The smallest absolute Gasteiger partial charge is 0.297 e. The van der Waals surface area contributed by atoms with Gasteiger partial charge in [0.15, 0.2) is 9.84 Å². The van der Waals surface area contributed by atoms with Gasteiger partial charge in [-0.3, -0.25) is 9.11 Å². The highest BCUT2D eigenvalue weighted by molar-refractivity contribution is 7.94. The van der Waals surface area contributed by atoms with Crippen LogP contribution in [-0.2, 0) is 39.3 Å². The molecule has 0 aromatic heterocycles. The molecule has 0 saturated heterocycles. The van der Waals surface area contributed by atoms with Crippen LogP contribution >= 0.6 is 12.0 Å². The van der Waals surface area contributed by atoms with Gasteiger partial charge < -0.3 is 16.4 Å². The molecule has 0 aliphatic rings. The van der Waals surface area contributed by atoms with Crippen molar-refractivity contribution >= 4 is 75.0 Å². The number of benzene rings is 4. The van der Waals surface area contributed by atoms with Gasteiger partial charge in [0.05, 0.1) is 40.7 Å². The minimum atomic E-state index is -4.62. The Balaban J connectivity index is 1.32. The Kier molecular flexibility index (Phi) is 9.89. The topological polar surface area (TPSA) is 217 Å². The van der Waals surface area contributed by atoms with E-state index in [4.69, 9.17) is 20.7 Å². The van der Waals surface area contributed by atoms with E-state index >= 15 is 0 Å². The minimum Gasteiger partial charge on any atom is -0.398 e. The summed E-state index contributed by atoms with van der Waals surface area (Å²) in [5, 5.41) is 1.19. The van der Waals surface area contributed by atoms with E-state index in [2.05, 4.69) is 0 Å². The second-order valence-corrected chi connectivity index (χ2v) is 15.0. The molecule has 0 radical (unpaired) electrons. The largest absolute Gasteiger partial charge is 0.398 e. The van der Waals surface area contributed by atoms with Crippen LogP contribution in [-0.4, -0.2) is 71.3 Å². The van der Waals surface area contributed by atoms with E-state index in [0.29, 0.717) is 28.8 Å². The molecular formula is C26H29N3O10S4. The lowest BCUT2D eigenvalue weighted by molar-refractivity contribution is -0.193. The zero-order valence-electron chi connectivity index (χ0n) is 22.7. The Labute approximate surface area is 253 Å². The van der Waals surface area contributed by atoms with Gasteiger partial charge in [0, 0.05) is 28.8 Å². The summed E-state index contributed by atoms with van der Waals surface area (Å²) in [6.07, 6.45) is 0. The van der Waals surface area contributed by atoms with E-state index in [0.717, 1.165) is 12.0 Å². The van der Waals surface area contributed by atoms with Gasteiger partial charge in [0.1, 0.15) is 9.79 Å². The van der Waals surface area contributed by atoms with Crippen LogP contribution in [0.15, 0.2) is 80.2 Å². The summed E-state index contributed by atoms with van der Waals surface area (Å²) in [6.45, 7) is 3.06. The highest BCUT2D eigenvalue weighted by Crippen LogP contribution is 2.32. The summed E-state index contributed by atoms with van der Waals surface area (Å²) >= 11 is 0.890. The fraction of sp³-hybridized carbons (Fsp3) is 0.231. The van der Waals surface area contributed by atoms with E-state index in [-0.39, 0.29) is 50.8 Å². The zero-order chi connectivity index (χ0) is 31.6. The van der Waals surface area contributed by atoms with Crippen molar-refractivity contribution < 1.29 is 43.6 Å². The lowest BCUT2D eigenvalue weighted by Crippen LogP contribution is -2.32. The van der Waals surface area contributed by atoms with Gasteiger partial charge in [-0.2, -0.15) is 21.2 Å². The molecule has 0 saturated carbocycles. The Morgan fingerprint density at radius 3 is 1.88 bits per heavy atom. The van der Waals surface area contributed by atoms with E-state index in [1.165, 1.54) is 42.5 Å². The Morgan fingerprint density at radius 2 is 1.33 bits per heavy atom. The lowest BCUT2D eigenvalue weighted by Gasteiger charge is -2.19. The Bertz CT molecular complexity index is 2000. The number of fused-ring (bicyclic) bond motifs is 2. The summed E-state index contributed by atoms with van der Waals surface area (Å²) < 4.78 is 97.2. The molecule has 43 heavy (non-hydrogen) atoms. The molecule has 4 rings (SSSR count). The third kappa shape index (κ3) is 7.75. The molecule has 6 N–H and O–H groups in total. The third-order valence-electron chi connectivity index (χ3n) is 6.61. The van der Waals surface area contributed by atoms with Crippen LogP contribution in [0.1, 0.15) is 6.92 Å². The summed E-state index contributed by atoms with van der Waals surface area (Å²) in [7, 11) is -12.9. The maximum absolute atomic E-state index is 13.0. The number of hydrogen-bond acceptors (Lipinski definition) is 12. The van der Waals surface area contributed by atoms with Crippen LogP contribution in [0.3, 0.4) is 0 Å². The predicted octanol–water partition coefficient (Wildman–Crippen LogP) is 3.40. The zero-order valence-corrected chi connectivity index (χ0v) is 26.0. The molecule has 0 spiro atoms. The van der Waals surface area contributed by atoms with E-state index in [1.54, 1.807) is 18.2 Å². The second-order valence-electron chi connectivity index (χ2n) is 9.41. The fourth-order valence-corrected chi connectivity index (χ4v) is 7.94. The Morgan fingerprint density at radius 1 is 0.767 bits per heavy atom. The van der Waals surface area contributed by atoms with Gasteiger partial charge in [-0.05, 0) is 53.7 Å². The first-order valence-corrected chi connectivity index (χ1v) is 17.9. The number of hydrogen-bond donors (Lipinski definition) is 4. The Hall–Kier alpha value is -3.00. The average Bonchev–Trinajstić information content (AvgIpc) is 2.92. The van der Waals surface area contributed by atoms with Crippen molar-refractivity contribution in [3.63, 3.8) is 0 Å². The van der Waals surface area contributed by atoms with Crippen LogP contribution in [0.25, 0.3) is 21.5 Å². The second kappa shape index (κ2) is 12.9. The van der Waals surface area contributed by atoms with E-state index in [9.17, 15) is 34.4 Å². The molecule has 13 nitrogen and oxygen atoms in total. The fourth-order valence-electron chi connectivity index (χ4n) is 4.47. The van der Waals surface area contributed by atoms with Crippen LogP contribution in [0.2, 0.25) is 0 Å². The maximum atomic E-state index is 13.0. The molecule has 0 aliphatic carbocycles. The minimum absolute atomic E-state index is 0.000115. The molecule has 0 heterocycles. The number of nitrogens with two attached hydrogens (primary N) is 2. The molecule has 232 valence electrons. The standard InChI is InChI=1S/C26H29N3O10S4/c1-2-29(11-13-38-39-40-19-5-7-21-17(15-19)3-9-23(27)25(21)42(32,33)34)12-14-41(30,31)20-6-8-22-18(16-20)4-10-24(28)26(22)43(35,36)37/h3-10,15-16H,2,11-14,27-28H2,1H3,(H,32,33,34)(H,35,36,37). The summed E-state index contributed by atoms with van der Waals surface area (Å²) in [6, 6.07) is 14.4. The van der Waals surface area contributed by atoms with E-state index < -0.39 is 35.0 Å². The molecule has 0 fully saturated rings. The van der Waals surface area contributed by atoms with Crippen molar-refractivity contribution in [2.75, 3.05) is 43.5 Å². The van der Waals surface area contributed by atoms with Gasteiger partial charge in [-0.15, -0.1) is 0 Å². The van der Waals surface area contributed by atoms with Crippen molar-refractivity contribution in [3.8, 4) is 0 Å². The highest BCUT2D eigenvalue weighted by atomic mass is 32.2. The van der Waals surface area contributed by atoms with Crippen LogP contribution in [0.5, 0.6) is 0 Å². The van der Waals surface area contributed by atoms with Crippen molar-refractivity contribution in [1.82, 2.24) is 4.90 Å². The van der Waals surface area contributed by atoms with Gasteiger partial charge >= 0.3 is 0 Å². The molecule has 0 unspecified atom stereocenters. The van der Waals surface area contributed by atoms with Gasteiger partial charge in [-0.1, -0.05) is 31.2 Å². The number of likely N-dealkylation sites (N-methyl/N-ethyl adjacent to an activating group) is 1. The highest BCUT2D eigenvalue weighted by Gasteiger charge is 2.22. The molecule has 4 aromatic rings. The van der Waals surface area contributed by atoms with Crippen molar-refractivity contribution in [3.05, 3.63) is 60.7 Å². The normalized spacial score (nSPS) is 12.8. The number of nitrogens with zero attached hydrogens (tertiary/aromatic N) is 1. The molecule has 0 atom stereocenters. The average molecular weight is 672 g/mol. The molecular weight excluding hydrogens is 643 g/mol. The van der Waals surface area contributed by atoms with Gasteiger partial charge in [-0.25, -0.2) is 13.3 Å². The van der Waals surface area contributed by atoms with Crippen LogP contribution < -0.4 is 11.5 Å². The lowest BCUT2D eigenvalue weighted by atomic mass is 10.1. The predicted molar refractivity (Wildman–Crippen MR) is 163 cm³/mol. The first-order chi connectivity index (χ1) is 20.1. The molecule has 0 aliphatic heterocycles. The maximum Gasteiger partial charge on any atom is 0.297 e. The number of nitrogen functional groups attached to an aromatic ring is 2. The number of anilines is 2. The van der Waals surface area contributed by atoms with Crippen molar-refractivity contribution in [1.29, 1.82) is 0 Å². The number of sulfone groups is 1.